The van der Waals surface area contributed by atoms with Gasteiger partial charge in [0.2, 0.25) is 0 Å². The van der Waals surface area contributed by atoms with Crippen molar-refractivity contribution in [2.24, 2.45) is 0 Å². The monoisotopic (exact) mass is 487 g/mol. The number of carboxylic acid groups (broad SMARTS) is 1. The van der Waals surface area contributed by atoms with Crippen molar-refractivity contribution in [3.05, 3.63) is 70.0 Å². The van der Waals surface area contributed by atoms with Gasteiger partial charge in [0.05, 0.1) is 18.8 Å². The number of hydrogen-bond acceptors (Lipinski definition) is 4. The van der Waals surface area contributed by atoms with Gasteiger partial charge in [-0.1, -0.05) is 35.9 Å². The molecule has 1 aliphatic rings. The van der Waals surface area contributed by atoms with Crippen LogP contribution in [0, 0.1) is 26.6 Å². The van der Waals surface area contributed by atoms with Gasteiger partial charge in [0.1, 0.15) is 5.82 Å². The Morgan fingerprint density at radius 3 is 2.34 bits per heavy atom. The second-order valence-corrected chi connectivity index (χ2v) is 9.69. The molecule has 0 bridgehead atoms. The zero-order valence-corrected chi connectivity index (χ0v) is 21.7. The topological polar surface area (TPSA) is 70.0 Å². The number of carbonyl (C=O) groups is 1. The number of benzene rings is 2. The van der Waals surface area contributed by atoms with E-state index >= 15 is 0 Å². The Balaban J connectivity index is 0.000000402. The van der Waals surface area contributed by atoms with E-state index in [2.05, 4.69) is 30.0 Å². The second kappa shape index (κ2) is 15.0. The van der Waals surface area contributed by atoms with Crippen LogP contribution in [0.3, 0.4) is 0 Å². The standard InChI is InChI=1S/C21H33NO4.C8H9F/c1-16-9-10-18(7-3-4-8-21(24)25)20(13-16)17(2)26-15-19(23)14-22-11-5-6-12-22;1-6-3-4-7(2)8(9)5-6/h9-10,13,17,19,23H,3-8,11-12,14-15H2,1-2H3,(H,24,25);3-5H,1-2H3. The molecule has 2 aromatic rings. The third-order valence-electron chi connectivity index (χ3n) is 6.36. The Bertz CT molecular complexity index is 927. The maximum absolute atomic E-state index is 12.6. The first kappa shape index (κ1) is 29.0. The summed E-state index contributed by atoms with van der Waals surface area (Å²) in [4.78, 5) is 12.9. The zero-order valence-electron chi connectivity index (χ0n) is 21.7. The average molecular weight is 488 g/mol. The molecule has 1 heterocycles. The molecule has 2 atom stereocenters. The van der Waals surface area contributed by atoms with Crippen molar-refractivity contribution in [3.63, 3.8) is 0 Å². The lowest BCUT2D eigenvalue weighted by atomic mass is 9.96. The second-order valence-electron chi connectivity index (χ2n) is 9.69. The van der Waals surface area contributed by atoms with Crippen LogP contribution >= 0.6 is 0 Å². The Kier molecular flexibility index (Phi) is 12.4. The van der Waals surface area contributed by atoms with Crippen LogP contribution < -0.4 is 0 Å². The molecule has 194 valence electrons. The van der Waals surface area contributed by atoms with E-state index in [1.807, 2.05) is 19.9 Å². The van der Waals surface area contributed by atoms with Gasteiger partial charge < -0.3 is 19.8 Å². The van der Waals surface area contributed by atoms with E-state index in [4.69, 9.17) is 9.84 Å². The zero-order chi connectivity index (χ0) is 25.8. The minimum absolute atomic E-state index is 0.0856. The van der Waals surface area contributed by atoms with Crippen molar-refractivity contribution < 1.29 is 24.1 Å². The Hall–Kier alpha value is -2.28. The highest BCUT2D eigenvalue weighted by Gasteiger charge is 2.18. The number of halogens is 1. The Morgan fingerprint density at radius 1 is 1.06 bits per heavy atom. The molecule has 0 saturated carbocycles. The summed E-state index contributed by atoms with van der Waals surface area (Å²) in [7, 11) is 0. The smallest absolute Gasteiger partial charge is 0.303 e. The minimum atomic E-state index is -0.738. The highest BCUT2D eigenvalue weighted by Crippen LogP contribution is 2.25. The molecule has 1 aliphatic heterocycles. The van der Waals surface area contributed by atoms with Crippen molar-refractivity contribution in [2.75, 3.05) is 26.2 Å². The quantitative estimate of drug-likeness (QED) is 0.394. The molecule has 2 aromatic carbocycles. The van der Waals surface area contributed by atoms with Crippen LogP contribution in [-0.4, -0.2) is 53.4 Å². The van der Waals surface area contributed by atoms with Gasteiger partial charge in [-0.2, -0.15) is 0 Å². The van der Waals surface area contributed by atoms with E-state index < -0.39 is 12.1 Å². The predicted molar refractivity (Wildman–Crippen MR) is 138 cm³/mol. The van der Waals surface area contributed by atoms with Gasteiger partial charge >= 0.3 is 5.97 Å². The molecular weight excluding hydrogens is 445 g/mol. The molecular formula is C29H42FNO4. The molecule has 6 heteroatoms. The number of unbranched alkanes of at least 4 members (excludes halogenated alkanes) is 1. The number of β-amino-alcohol motifs (C(OH)–C–C–N with tert-alkyl or cyclic N) is 1. The Labute approximate surface area is 209 Å². The van der Waals surface area contributed by atoms with Gasteiger partial charge in [0.25, 0.3) is 0 Å². The molecule has 2 unspecified atom stereocenters. The lowest BCUT2D eigenvalue weighted by Crippen LogP contribution is -2.33. The van der Waals surface area contributed by atoms with Crippen LogP contribution in [0.25, 0.3) is 0 Å². The summed E-state index contributed by atoms with van der Waals surface area (Å²) in [6.07, 6.45) is 4.51. The summed E-state index contributed by atoms with van der Waals surface area (Å²) in [5, 5.41) is 19.0. The summed E-state index contributed by atoms with van der Waals surface area (Å²) in [6, 6.07) is 11.6. The summed E-state index contributed by atoms with van der Waals surface area (Å²) >= 11 is 0. The predicted octanol–water partition coefficient (Wildman–Crippen LogP) is 5.77. The maximum Gasteiger partial charge on any atom is 0.303 e. The number of nitrogens with zero attached hydrogens (tertiary/aromatic N) is 1. The number of hydrogen-bond donors (Lipinski definition) is 2. The first-order chi connectivity index (χ1) is 16.7. The van der Waals surface area contributed by atoms with Crippen LogP contribution in [0.15, 0.2) is 36.4 Å². The highest BCUT2D eigenvalue weighted by molar-refractivity contribution is 5.66. The van der Waals surface area contributed by atoms with Gasteiger partial charge in [0, 0.05) is 13.0 Å². The fourth-order valence-electron chi connectivity index (χ4n) is 4.27. The van der Waals surface area contributed by atoms with Gasteiger partial charge in [-0.05, 0) is 101 Å². The SMILES string of the molecule is Cc1ccc(C)c(F)c1.Cc1ccc(CCCCC(=O)O)c(C(C)OCC(O)CN2CCCC2)c1. The van der Waals surface area contributed by atoms with Gasteiger partial charge in [-0.3, -0.25) is 4.79 Å². The van der Waals surface area contributed by atoms with Gasteiger partial charge in [-0.15, -0.1) is 0 Å². The molecule has 0 amide bonds. The average Bonchev–Trinajstić information content (AvgIpc) is 3.32. The first-order valence-electron chi connectivity index (χ1n) is 12.7. The maximum atomic E-state index is 12.6. The van der Waals surface area contributed by atoms with Crippen LogP contribution in [-0.2, 0) is 16.0 Å². The van der Waals surface area contributed by atoms with E-state index in [1.54, 1.807) is 13.0 Å². The lowest BCUT2D eigenvalue weighted by Gasteiger charge is -2.23. The molecule has 0 spiro atoms. The van der Waals surface area contributed by atoms with Gasteiger partial charge in [-0.25, -0.2) is 4.39 Å². The Morgan fingerprint density at radius 2 is 1.71 bits per heavy atom. The largest absolute Gasteiger partial charge is 0.481 e. The number of aliphatic hydroxyl groups is 1. The molecule has 3 rings (SSSR count). The fourth-order valence-corrected chi connectivity index (χ4v) is 4.27. The van der Waals surface area contributed by atoms with Crippen LogP contribution in [0.1, 0.15) is 72.9 Å². The molecule has 2 N–H and O–H groups in total. The van der Waals surface area contributed by atoms with Gasteiger partial charge in [0.15, 0.2) is 0 Å². The van der Waals surface area contributed by atoms with E-state index in [1.165, 1.54) is 30.0 Å². The third kappa shape index (κ3) is 10.9. The molecule has 0 radical (unpaired) electrons. The minimum Gasteiger partial charge on any atom is -0.481 e. The molecule has 1 saturated heterocycles. The number of aryl methyl sites for hydroxylation is 4. The normalized spacial score (nSPS) is 15.4. The fraction of sp³-hybridized carbons (Fsp3) is 0.552. The van der Waals surface area contributed by atoms with E-state index in [-0.39, 0.29) is 18.3 Å². The number of aliphatic hydroxyl groups excluding tert-OH is 1. The van der Waals surface area contributed by atoms with E-state index in [0.29, 0.717) is 25.1 Å². The molecule has 5 nitrogen and oxygen atoms in total. The summed E-state index contributed by atoms with van der Waals surface area (Å²) < 4.78 is 18.5. The first-order valence-corrected chi connectivity index (χ1v) is 12.7. The molecule has 35 heavy (non-hydrogen) atoms. The lowest BCUT2D eigenvalue weighted by molar-refractivity contribution is -0.137. The number of carboxylic acids is 1. The van der Waals surface area contributed by atoms with E-state index in [9.17, 15) is 14.3 Å². The molecule has 1 fully saturated rings. The van der Waals surface area contributed by atoms with Crippen molar-refractivity contribution in [1.82, 2.24) is 4.90 Å². The van der Waals surface area contributed by atoms with Crippen LogP contribution in [0.5, 0.6) is 0 Å². The summed E-state index contributed by atoms with van der Waals surface area (Å²) in [5.41, 5.74) is 5.22. The van der Waals surface area contributed by atoms with Crippen molar-refractivity contribution >= 4 is 5.97 Å². The number of rotatable bonds is 11. The third-order valence-corrected chi connectivity index (χ3v) is 6.36. The number of ether oxygens (including phenoxy) is 1. The molecule has 0 aromatic heterocycles. The highest BCUT2D eigenvalue weighted by atomic mass is 19.1. The van der Waals surface area contributed by atoms with E-state index in [0.717, 1.165) is 37.1 Å². The van der Waals surface area contributed by atoms with Crippen molar-refractivity contribution in [3.8, 4) is 0 Å². The number of aliphatic carboxylic acids is 1. The summed E-state index contributed by atoms with van der Waals surface area (Å²) in [6.45, 7) is 10.9. The van der Waals surface area contributed by atoms with Crippen LogP contribution in [0.4, 0.5) is 4.39 Å². The van der Waals surface area contributed by atoms with Crippen molar-refractivity contribution in [2.45, 2.75) is 78.4 Å². The summed E-state index contributed by atoms with van der Waals surface area (Å²) in [5.74, 6) is -0.854. The molecule has 0 aliphatic carbocycles. The number of likely N-dealkylation sites (tertiary alicyclic amines) is 1. The van der Waals surface area contributed by atoms with Crippen LogP contribution in [0.2, 0.25) is 0 Å². The van der Waals surface area contributed by atoms with Crippen molar-refractivity contribution in [1.29, 1.82) is 0 Å².